The molecule has 1 heterocycles. The molecular formula is C12H20BrNO3. The van der Waals surface area contributed by atoms with E-state index < -0.39 is 6.04 Å². The van der Waals surface area contributed by atoms with Gasteiger partial charge in [-0.1, -0.05) is 29.8 Å². The molecule has 17 heavy (non-hydrogen) atoms. The first-order valence-corrected chi connectivity index (χ1v) is 6.93. The number of ether oxygens (including phenoxy) is 1. The lowest BCUT2D eigenvalue weighted by Crippen LogP contribution is -2.51. The number of likely N-dealkylation sites (tertiary alicyclic amines) is 1. The van der Waals surface area contributed by atoms with Crippen LogP contribution in [0.1, 0.15) is 33.1 Å². The molecule has 1 fully saturated rings. The Bertz CT molecular complexity index is 293. The molecule has 2 atom stereocenters. The van der Waals surface area contributed by atoms with Gasteiger partial charge in [0.1, 0.15) is 6.04 Å². The van der Waals surface area contributed by atoms with Gasteiger partial charge < -0.3 is 9.64 Å². The lowest BCUT2D eigenvalue weighted by Gasteiger charge is -2.35. The molecule has 2 unspecified atom stereocenters. The monoisotopic (exact) mass is 305 g/mol. The first kappa shape index (κ1) is 14.5. The summed E-state index contributed by atoms with van der Waals surface area (Å²) in [5.41, 5.74) is 0. The third kappa shape index (κ3) is 3.44. The van der Waals surface area contributed by atoms with E-state index in [0.717, 1.165) is 12.8 Å². The van der Waals surface area contributed by atoms with E-state index in [1.54, 1.807) is 4.90 Å². The number of alkyl halides is 1. The van der Waals surface area contributed by atoms with Crippen molar-refractivity contribution in [2.45, 2.75) is 44.0 Å². The maximum atomic E-state index is 12.2. The van der Waals surface area contributed by atoms with Crippen molar-refractivity contribution < 1.29 is 14.3 Å². The Morgan fingerprint density at radius 2 is 2.00 bits per heavy atom. The number of rotatable bonds is 3. The highest BCUT2D eigenvalue weighted by atomic mass is 79.9. The summed E-state index contributed by atoms with van der Waals surface area (Å²) in [5.74, 6) is -0.0978. The molecule has 0 aromatic rings. The smallest absolute Gasteiger partial charge is 0.328 e. The number of hydrogen-bond acceptors (Lipinski definition) is 3. The van der Waals surface area contributed by atoms with Crippen LogP contribution in [0, 0.1) is 5.92 Å². The molecule has 98 valence electrons. The fourth-order valence-electron chi connectivity index (χ4n) is 2.02. The molecule has 0 radical (unpaired) electrons. The number of esters is 1. The van der Waals surface area contributed by atoms with Crippen LogP contribution in [-0.2, 0) is 14.3 Å². The molecule has 0 bridgehead atoms. The number of carbonyl (C=O) groups excluding carboxylic acids is 2. The number of halogens is 1. The van der Waals surface area contributed by atoms with E-state index in [4.69, 9.17) is 4.74 Å². The third-order valence-corrected chi connectivity index (χ3v) is 4.53. The van der Waals surface area contributed by atoms with Crippen LogP contribution in [0.15, 0.2) is 0 Å². The Morgan fingerprint density at radius 3 is 2.53 bits per heavy atom. The lowest BCUT2D eigenvalue weighted by atomic mass is 10.00. The summed E-state index contributed by atoms with van der Waals surface area (Å²) in [7, 11) is 1.37. The van der Waals surface area contributed by atoms with Crippen LogP contribution in [0.2, 0.25) is 0 Å². The minimum absolute atomic E-state index is 0.00454. The van der Waals surface area contributed by atoms with Gasteiger partial charge in [0.15, 0.2) is 0 Å². The van der Waals surface area contributed by atoms with Crippen molar-refractivity contribution in [2.24, 2.45) is 5.92 Å². The normalized spacial score (nSPS) is 22.4. The summed E-state index contributed by atoms with van der Waals surface area (Å²) in [5, 5.41) is 0. The largest absolute Gasteiger partial charge is 0.467 e. The highest BCUT2D eigenvalue weighted by Gasteiger charge is 2.35. The first-order valence-electron chi connectivity index (χ1n) is 6.01. The molecule has 4 nitrogen and oxygen atoms in total. The molecule has 5 heteroatoms. The van der Waals surface area contributed by atoms with Crippen molar-refractivity contribution in [1.29, 1.82) is 0 Å². The topological polar surface area (TPSA) is 46.6 Å². The van der Waals surface area contributed by atoms with Crippen LogP contribution in [0.25, 0.3) is 0 Å². The highest BCUT2D eigenvalue weighted by molar-refractivity contribution is 9.10. The van der Waals surface area contributed by atoms with Gasteiger partial charge in [0.05, 0.1) is 11.9 Å². The van der Waals surface area contributed by atoms with Crippen molar-refractivity contribution in [3.8, 4) is 0 Å². The van der Waals surface area contributed by atoms with Gasteiger partial charge in [-0.25, -0.2) is 4.79 Å². The van der Waals surface area contributed by atoms with Gasteiger partial charge in [0.2, 0.25) is 5.91 Å². The molecule has 0 aromatic heterocycles. The van der Waals surface area contributed by atoms with Gasteiger partial charge in [0.25, 0.3) is 0 Å². The van der Waals surface area contributed by atoms with Crippen molar-refractivity contribution in [2.75, 3.05) is 13.7 Å². The Morgan fingerprint density at radius 1 is 1.35 bits per heavy atom. The predicted octanol–water partition coefficient (Wildman–Crippen LogP) is 1.96. The summed E-state index contributed by atoms with van der Waals surface area (Å²) < 4.78 is 4.76. The summed E-state index contributed by atoms with van der Waals surface area (Å²) >= 11 is 3.40. The van der Waals surface area contributed by atoms with Gasteiger partial charge in [-0.2, -0.15) is 0 Å². The number of hydrogen-bond donors (Lipinski definition) is 0. The van der Waals surface area contributed by atoms with Gasteiger partial charge >= 0.3 is 5.97 Å². The molecule has 0 N–H and O–H groups in total. The predicted molar refractivity (Wildman–Crippen MR) is 68.9 cm³/mol. The Balaban J connectivity index is 2.77. The van der Waals surface area contributed by atoms with Gasteiger partial charge in [0, 0.05) is 6.54 Å². The molecule has 1 aliphatic rings. The van der Waals surface area contributed by atoms with E-state index in [-0.39, 0.29) is 22.6 Å². The summed E-state index contributed by atoms with van der Waals surface area (Å²) in [6.07, 6.45) is 2.63. The van der Waals surface area contributed by atoms with Crippen molar-refractivity contribution in [3.05, 3.63) is 0 Å². The van der Waals surface area contributed by atoms with Crippen LogP contribution in [0.3, 0.4) is 0 Å². The number of carbonyl (C=O) groups is 2. The second-order valence-corrected chi connectivity index (χ2v) is 5.70. The maximum absolute atomic E-state index is 12.2. The van der Waals surface area contributed by atoms with E-state index in [1.807, 2.05) is 13.8 Å². The average molecular weight is 306 g/mol. The van der Waals surface area contributed by atoms with Gasteiger partial charge in [-0.15, -0.1) is 0 Å². The summed E-state index contributed by atoms with van der Waals surface area (Å²) in [6, 6.07) is -0.403. The first-order chi connectivity index (χ1) is 7.99. The molecule has 0 saturated carbocycles. The van der Waals surface area contributed by atoms with Crippen molar-refractivity contribution >= 4 is 27.8 Å². The fraction of sp³-hybridized carbons (Fsp3) is 0.833. The molecule has 0 spiro atoms. The number of methoxy groups -OCH3 is 1. The molecule has 1 amide bonds. The number of piperidine rings is 1. The lowest BCUT2D eigenvalue weighted by molar-refractivity contribution is -0.154. The summed E-state index contributed by atoms with van der Waals surface area (Å²) in [4.78, 5) is 25.3. The molecule has 1 saturated heterocycles. The quantitative estimate of drug-likeness (QED) is 0.591. The van der Waals surface area contributed by atoms with Crippen LogP contribution in [0.4, 0.5) is 0 Å². The maximum Gasteiger partial charge on any atom is 0.328 e. The van der Waals surface area contributed by atoms with E-state index >= 15 is 0 Å². The zero-order valence-corrected chi connectivity index (χ0v) is 12.2. The Hall–Kier alpha value is -0.580. The van der Waals surface area contributed by atoms with Gasteiger partial charge in [-0.05, 0) is 25.2 Å². The van der Waals surface area contributed by atoms with Crippen molar-refractivity contribution in [1.82, 2.24) is 4.90 Å². The number of nitrogens with zero attached hydrogens (tertiary/aromatic N) is 1. The fourth-order valence-corrected chi connectivity index (χ4v) is 2.28. The van der Waals surface area contributed by atoms with Gasteiger partial charge in [-0.3, -0.25) is 4.79 Å². The van der Waals surface area contributed by atoms with Crippen LogP contribution >= 0.6 is 15.9 Å². The van der Waals surface area contributed by atoms with E-state index in [2.05, 4.69) is 15.9 Å². The number of amides is 1. The molecular weight excluding hydrogens is 286 g/mol. The minimum Gasteiger partial charge on any atom is -0.467 e. The standard InChI is InChI=1S/C12H20BrNO3/c1-8(2)10(13)11(15)14-7-5-4-6-9(14)12(16)17-3/h8-10H,4-7H2,1-3H3. The SMILES string of the molecule is COC(=O)C1CCCCN1C(=O)C(Br)C(C)C. The summed E-state index contributed by atoms with van der Waals surface area (Å²) in [6.45, 7) is 4.61. The van der Waals surface area contributed by atoms with Crippen LogP contribution in [0.5, 0.6) is 0 Å². The van der Waals surface area contributed by atoms with Crippen LogP contribution < -0.4 is 0 Å². The molecule has 1 rings (SSSR count). The second-order valence-electron chi connectivity index (χ2n) is 4.71. The third-order valence-electron chi connectivity index (χ3n) is 3.08. The second kappa shape index (κ2) is 6.38. The molecule has 1 aliphatic heterocycles. The van der Waals surface area contributed by atoms with Crippen LogP contribution in [-0.4, -0.2) is 41.3 Å². The Labute approximate surface area is 111 Å². The van der Waals surface area contributed by atoms with Crippen molar-refractivity contribution in [3.63, 3.8) is 0 Å². The molecule has 0 aliphatic carbocycles. The molecule has 0 aromatic carbocycles. The average Bonchev–Trinajstić information content (AvgIpc) is 2.35. The zero-order valence-electron chi connectivity index (χ0n) is 10.6. The highest BCUT2D eigenvalue weighted by Crippen LogP contribution is 2.23. The zero-order chi connectivity index (χ0) is 13.0. The van der Waals surface area contributed by atoms with E-state index in [1.165, 1.54) is 7.11 Å². The van der Waals surface area contributed by atoms with E-state index in [9.17, 15) is 9.59 Å². The Kier molecular flexibility index (Phi) is 5.43. The minimum atomic E-state index is -0.403. The van der Waals surface area contributed by atoms with E-state index in [0.29, 0.717) is 13.0 Å².